The molecule has 0 aliphatic heterocycles. The normalized spacial score (nSPS) is 10.4. The minimum atomic E-state index is -0.0336. The molecule has 1 N–H and O–H groups in total. The SMILES string of the molecule is Cn1cc(CO)nc1-c1cccnc1. The van der Waals surface area contributed by atoms with Crippen molar-refractivity contribution in [3.63, 3.8) is 0 Å². The Balaban J connectivity index is 2.46. The zero-order chi connectivity index (χ0) is 9.97. The van der Waals surface area contributed by atoms with Crippen molar-refractivity contribution in [3.8, 4) is 11.4 Å². The molecule has 72 valence electrons. The lowest BCUT2D eigenvalue weighted by molar-refractivity contribution is 0.277. The van der Waals surface area contributed by atoms with E-state index >= 15 is 0 Å². The van der Waals surface area contributed by atoms with Gasteiger partial charge in [-0.2, -0.15) is 0 Å². The summed E-state index contributed by atoms with van der Waals surface area (Å²) in [6, 6.07) is 3.80. The zero-order valence-electron chi connectivity index (χ0n) is 7.88. The lowest BCUT2D eigenvalue weighted by atomic mass is 10.3. The number of aryl methyl sites for hydroxylation is 1. The first kappa shape index (κ1) is 8.90. The number of aliphatic hydroxyl groups excluding tert-OH is 1. The van der Waals surface area contributed by atoms with E-state index in [1.165, 1.54) is 0 Å². The second-order valence-corrected chi connectivity index (χ2v) is 3.07. The van der Waals surface area contributed by atoms with Gasteiger partial charge in [0.25, 0.3) is 0 Å². The number of aromatic nitrogens is 3. The van der Waals surface area contributed by atoms with Crippen molar-refractivity contribution >= 4 is 0 Å². The Hall–Kier alpha value is -1.68. The predicted molar refractivity (Wildman–Crippen MR) is 52.4 cm³/mol. The topological polar surface area (TPSA) is 50.9 Å². The van der Waals surface area contributed by atoms with Crippen molar-refractivity contribution in [3.05, 3.63) is 36.4 Å². The second-order valence-electron chi connectivity index (χ2n) is 3.07. The molecule has 2 aromatic rings. The van der Waals surface area contributed by atoms with Gasteiger partial charge in [-0.15, -0.1) is 0 Å². The van der Waals surface area contributed by atoms with Gasteiger partial charge >= 0.3 is 0 Å². The highest BCUT2D eigenvalue weighted by Gasteiger charge is 2.06. The largest absolute Gasteiger partial charge is 0.390 e. The first-order valence-corrected chi connectivity index (χ1v) is 4.35. The van der Waals surface area contributed by atoms with Gasteiger partial charge in [0.05, 0.1) is 12.3 Å². The molecule has 0 aliphatic carbocycles. The van der Waals surface area contributed by atoms with Gasteiger partial charge in [0.15, 0.2) is 0 Å². The van der Waals surface area contributed by atoms with Crippen LogP contribution in [0.25, 0.3) is 11.4 Å². The van der Waals surface area contributed by atoms with Gasteiger partial charge in [-0.1, -0.05) is 0 Å². The van der Waals surface area contributed by atoms with Crippen molar-refractivity contribution in [1.29, 1.82) is 0 Å². The highest BCUT2D eigenvalue weighted by Crippen LogP contribution is 2.16. The van der Waals surface area contributed by atoms with Crippen LogP contribution in [0.3, 0.4) is 0 Å². The fraction of sp³-hybridized carbons (Fsp3) is 0.200. The van der Waals surface area contributed by atoms with Crippen LogP contribution in [0.1, 0.15) is 5.69 Å². The molecule has 4 heteroatoms. The van der Waals surface area contributed by atoms with Crippen molar-refractivity contribution < 1.29 is 5.11 Å². The van der Waals surface area contributed by atoms with E-state index in [9.17, 15) is 0 Å². The summed E-state index contributed by atoms with van der Waals surface area (Å²) >= 11 is 0. The van der Waals surface area contributed by atoms with Gasteiger partial charge < -0.3 is 9.67 Å². The summed E-state index contributed by atoms with van der Waals surface area (Å²) in [4.78, 5) is 8.29. The third kappa shape index (κ3) is 1.52. The first-order valence-electron chi connectivity index (χ1n) is 4.35. The Kier molecular flexibility index (Phi) is 2.28. The van der Waals surface area contributed by atoms with Gasteiger partial charge in [-0.25, -0.2) is 4.98 Å². The Morgan fingerprint density at radius 2 is 2.36 bits per heavy atom. The number of hydrogen-bond acceptors (Lipinski definition) is 3. The first-order chi connectivity index (χ1) is 6.81. The molecule has 4 nitrogen and oxygen atoms in total. The molecule has 14 heavy (non-hydrogen) atoms. The van der Waals surface area contributed by atoms with Crippen molar-refractivity contribution in [1.82, 2.24) is 14.5 Å². The Bertz CT molecular complexity index is 422. The molecular weight excluding hydrogens is 178 g/mol. The van der Waals surface area contributed by atoms with Crippen LogP contribution in [0.15, 0.2) is 30.7 Å². The molecular formula is C10H11N3O. The van der Waals surface area contributed by atoms with E-state index in [0.29, 0.717) is 5.69 Å². The molecule has 0 spiro atoms. The van der Waals surface area contributed by atoms with Crippen LogP contribution in [-0.4, -0.2) is 19.6 Å². The summed E-state index contributed by atoms with van der Waals surface area (Å²) in [6.45, 7) is -0.0336. The maximum absolute atomic E-state index is 8.93. The average Bonchev–Trinajstić information content (AvgIpc) is 2.61. The van der Waals surface area contributed by atoms with Crippen molar-refractivity contribution in [2.24, 2.45) is 7.05 Å². The fourth-order valence-electron chi connectivity index (χ4n) is 1.37. The third-order valence-electron chi connectivity index (χ3n) is 2.01. The molecule has 0 aliphatic rings. The Labute approximate surface area is 81.9 Å². The van der Waals surface area contributed by atoms with Gasteiger partial charge in [-0.05, 0) is 12.1 Å². The van der Waals surface area contributed by atoms with E-state index in [-0.39, 0.29) is 6.61 Å². The highest BCUT2D eigenvalue weighted by molar-refractivity contribution is 5.54. The summed E-state index contributed by atoms with van der Waals surface area (Å²) in [7, 11) is 1.90. The molecule has 0 bridgehead atoms. The molecule has 2 rings (SSSR count). The number of hydrogen-bond donors (Lipinski definition) is 1. The maximum atomic E-state index is 8.93. The van der Waals surface area contributed by atoms with Gasteiger partial charge in [-0.3, -0.25) is 4.98 Å². The van der Waals surface area contributed by atoms with E-state index in [1.807, 2.05) is 29.9 Å². The average molecular weight is 189 g/mol. The van der Waals surface area contributed by atoms with Crippen LogP contribution >= 0.6 is 0 Å². The smallest absolute Gasteiger partial charge is 0.141 e. The lowest BCUT2D eigenvalue weighted by Crippen LogP contribution is -1.90. The van der Waals surface area contributed by atoms with Crippen molar-refractivity contribution in [2.75, 3.05) is 0 Å². The molecule has 0 amide bonds. The van der Waals surface area contributed by atoms with Crippen molar-refractivity contribution in [2.45, 2.75) is 6.61 Å². The summed E-state index contributed by atoms with van der Waals surface area (Å²) in [5, 5.41) is 8.93. The van der Waals surface area contributed by atoms with Crippen LogP contribution in [0.4, 0.5) is 0 Å². The number of rotatable bonds is 2. The minimum absolute atomic E-state index is 0.0336. The standard InChI is InChI=1S/C10H11N3O/c1-13-6-9(7-14)12-10(13)8-3-2-4-11-5-8/h2-6,14H,7H2,1H3. The van der Waals surface area contributed by atoms with E-state index < -0.39 is 0 Å². The van der Waals surface area contributed by atoms with Crippen LogP contribution in [0, 0.1) is 0 Å². The van der Waals surface area contributed by atoms with Crippen LogP contribution < -0.4 is 0 Å². The molecule has 2 heterocycles. The monoisotopic (exact) mass is 189 g/mol. The molecule has 0 atom stereocenters. The van der Waals surface area contributed by atoms with E-state index in [1.54, 1.807) is 12.4 Å². The molecule has 0 saturated carbocycles. The minimum Gasteiger partial charge on any atom is -0.390 e. The molecule has 0 unspecified atom stereocenters. The lowest BCUT2D eigenvalue weighted by Gasteiger charge is -1.98. The maximum Gasteiger partial charge on any atom is 0.141 e. The summed E-state index contributed by atoms with van der Waals surface area (Å²) in [5.74, 6) is 0.821. The molecule has 2 aromatic heterocycles. The van der Waals surface area contributed by atoms with Crippen LogP contribution in [-0.2, 0) is 13.7 Å². The predicted octanol–water partition coefficient (Wildman–Crippen LogP) is 0.974. The summed E-state index contributed by atoms with van der Waals surface area (Å²) < 4.78 is 1.88. The Morgan fingerprint density at radius 1 is 1.50 bits per heavy atom. The fourth-order valence-corrected chi connectivity index (χ4v) is 1.37. The number of nitrogens with zero attached hydrogens (tertiary/aromatic N) is 3. The highest BCUT2D eigenvalue weighted by atomic mass is 16.3. The Morgan fingerprint density at radius 3 is 2.93 bits per heavy atom. The quantitative estimate of drug-likeness (QED) is 0.766. The van der Waals surface area contributed by atoms with Gasteiger partial charge in [0.2, 0.25) is 0 Å². The summed E-state index contributed by atoms with van der Waals surface area (Å²) in [6.07, 6.45) is 5.28. The second kappa shape index (κ2) is 3.59. The van der Waals surface area contributed by atoms with Crippen LogP contribution in [0.2, 0.25) is 0 Å². The molecule has 0 aromatic carbocycles. The zero-order valence-corrected chi connectivity index (χ0v) is 7.88. The molecule has 0 saturated heterocycles. The van der Waals surface area contributed by atoms with Gasteiger partial charge in [0, 0.05) is 31.2 Å². The number of aliphatic hydroxyl groups is 1. The number of imidazole rings is 1. The van der Waals surface area contributed by atoms with Gasteiger partial charge in [0.1, 0.15) is 5.82 Å². The van der Waals surface area contributed by atoms with Crippen LogP contribution in [0.5, 0.6) is 0 Å². The van der Waals surface area contributed by atoms with E-state index in [0.717, 1.165) is 11.4 Å². The van der Waals surface area contributed by atoms with E-state index in [4.69, 9.17) is 5.11 Å². The third-order valence-corrected chi connectivity index (χ3v) is 2.01. The molecule has 0 radical (unpaired) electrons. The van der Waals surface area contributed by atoms with E-state index in [2.05, 4.69) is 9.97 Å². The number of pyridine rings is 1. The molecule has 0 fully saturated rings. The summed E-state index contributed by atoms with van der Waals surface area (Å²) in [5.41, 5.74) is 1.63.